The van der Waals surface area contributed by atoms with Crippen LogP contribution in [0.1, 0.15) is 18.9 Å². The Morgan fingerprint density at radius 3 is 2.17 bits per heavy atom. The molecule has 0 saturated heterocycles. The second-order valence-electron chi connectivity index (χ2n) is 6.91. The highest BCUT2D eigenvalue weighted by Crippen LogP contribution is 2.29. The number of esters is 1. The summed E-state index contributed by atoms with van der Waals surface area (Å²) >= 11 is 0. The van der Waals surface area contributed by atoms with Crippen molar-refractivity contribution in [3.63, 3.8) is 0 Å². The maximum Gasteiger partial charge on any atom is 0.338 e. The Morgan fingerprint density at radius 2 is 1.59 bits per heavy atom. The van der Waals surface area contributed by atoms with E-state index in [0.717, 1.165) is 29.5 Å². The van der Waals surface area contributed by atoms with E-state index in [2.05, 4.69) is 6.58 Å². The summed E-state index contributed by atoms with van der Waals surface area (Å²) in [5.41, 5.74) is 4.37. The lowest BCUT2D eigenvalue weighted by Crippen LogP contribution is -2.07. The summed E-state index contributed by atoms with van der Waals surface area (Å²) in [5.74, 6) is -0.422. The number of rotatable bonds is 7. The lowest BCUT2D eigenvalue weighted by molar-refractivity contribution is -0.130. The van der Waals surface area contributed by atoms with Gasteiger partial charge in [-0.3, -0.25) is 0 Å². The van der Waals surface area contributed by atoms with Gasteiger partial charge in [0, 0.05) is 17.7 Å². The number of carbonyl (C=O) groups excluding carboxylic acids is 1. The van der Waals surface area contributed by atoms with Crippen LogP contribution in [0.5, 0.6) is 5.75 Å². The summed E-state index contributed by atoms with van der Waals surface area (Å²) in [6, 6.07) is 19.8. The quantitative estimate of drug-likeness (QED) is 0.326. The molecule has 0 aliphatic heterocycles. The summed E-state index contributed by atoms with van der Waals surface area (Å²) < 4.78 is 19.9. The van der Waals surface area contributed by atoms with Crippen molar-refractivity contribution in [1.82, 2.24) is 0 Å². The number of hydrogen-bond donors (Lipinski definition) is 1. The monoisotopic (exact) mass is 390 g/mol. The number of hydrogen-bond acceptors (Lipinski definition) is 3. The smallest absolute Gasteiger partial charge is 0.338 e. The molecule has 0 aliphatic rings. The molecule has 0 aliphatic carbocycles. The van der Waals surface area contributed by atoms with Gasteiger partial charge in [-0.1, -0.05) is 55.1 Å². The molecular weight excluding hydrogens is 367 g/mol. The molecule has 148 valence electrons. The first-order valence-electron chi connectivity index (χ1n) is 9.46. The predicted molar refractivity (Wildman–Crippen MR) is 113 cm³/mol. The molecule has 0 saturated carbocycles. The summed E-state index contributed by atoms with van der Waals surface area (Å²) in [6.07, 6.45) is 1.55. The first kappa shape index (κ1) is 20.5. The van der Waals surface area contributed by atoms with Crippen LogP contribution >= 0.6 is 0 Å². The van der Waals surface area contributed by atoms with Crippen LogP contribution in [0.4, 0.5) is 4.39 Å². The zero-order valence-corrected chi connectivity index (χ0v) is 16.3. The average Bonchev–Trinajstić information content (AvgIpc) is 2.73. The lowest BCUT2D eigenvalue weighted by atomic mass is 9.98. The van der Waals surface area contributed by atoms with Crippen molar-refractivity contribution in [3.05, 3.63) is 90.3 Å². The van der Waals surface area contributed by atoms with E-state index >= 15 is 0 Å². The minimum absolute atomic E-state index is 0.172. The molecule has 0 amide bonds. The maximum absolute atomic E-state index is 14.8. The highest BCUT2D eigenvalue weighted by molar-refractivity contribution is 5.88. The Balaban J connectivity index is 1.77. The third kappa shape index (κ3) is 5.18. The predicted octanol–water partition coefficient (Wildman–Crippen LogP) is 5.57. The van der Waals surface area contributed by atoms with Gasteiger partial charge < -0.3 is 9.84 Å². The third-order valence-electron chi connectivity index (χ3n) is 4.60. The van der Waals surface area contributed by atoms with Crippen LogP contribution in [0.15, 0.2) is 78.9 Å². The van der Waals surface area contributed by atoms with Crippen LogP contribution in [-0.2, 0) is 11.2 Å². The van der Waals surface area contributed by atoms with Crippen LogP contribution in [0.2, 0.25) is 0 Å². The summed E-state index contributed by atoms with van der Waals surface area (Å²) in [7, 11) is 0. The standard InChI is InChI=1S/C25H23FO3/c1-17(2)25(28)29-22-12-9-20(10-13-22)23-14-11-21(16-24(23)26)19-7-5-18(6-8-19)4-3-15-27/h5-14,16,27H,1,3-4,15H2,2H3. The lowest BCUT2D eigenvalue weighted by Gasteiger charge is -2.09. The van der Waals surface area contributed by atoms with Crippen molar-refractivity contribution >= 4 is 5.97 Å². The van der Waals surface area contributed by atoms with Gasteiger partial charge in [0.2, 0.25) is 0 Å². The van der Waals surface area contributed by atoms with E-state index in [1.54, 1.807) is 37.3 Å². The number of halogens is 1. The van der Waals surface area contributed by atoms with Crippen molar-refractivity contribution in [2.24, 2.45) is 0 Å². The van der Waals surface area contributed by atoms with Gasteiger partial charge in [-0.2, -0.15) is 0 Å². The molecule has 1 N–H and O–H groups in total. The largest absolute Gasteiger partial charge is 0.423 e. The van der Waals surface area contributed by atoms with E-state index in [1.807, 2.05) is 30.3 Å². The highest BCUT2D eigenvalue weighted by atomic mass is 19.1. The van der Waals surface area contributed by atoms with Crippen molar-refractivity contribution in [3.8, 4) is 28.0 Å². The second-order valence-corrected chi connectivity index (χ2v) is 6.91. The molecule has 0 radical (unpaired) electrons. The van der Waals surface area contributed by atoms with E-state index in [1.165, 1.54) is 6.07 Å². The summed E-state index contributed by atoms with van der Waals surface area (Å²) in [6.45, 7) is 5.30. The Kier molecular flexibility index (Phi) is 6.57. The topological polar surface area (TPSA) is 46.5 Å². The zero-order valence-electron chi connectivity index (χ0n) is 16.3. The van der Waals surface area contributed by atoms with E-state index in [9.17, 15) is 9.18 Å². The second kappa shape index (κ2) is 9.30. The van der Waals surface area contributed by atoms with E-state index in [0.29, 0.717) is 22.4 Å². The van der Waals surface area contributed by atoms with Gasteiger partial charge in [-0.25, -0.2) is 9.18 Å². The normalized spacial score (nSPS) is 10.6. The minimum Gasteiger partial charge on any atom is -0.423 e. The van der Waals surface area contributed by atoms with E-state index in [-0.39, 0.29) is 12.4 Å². The van der Waals surface area contributed by atoms with Gasteiger partial charge in [-0.05, 0) is 60.2 Å². The molecule has 0 bridgehead atoms. The number of carbonyl (C=O) groups is 1. The van der Waals surface area contributed by atoms with E-state index < -0.39 is 5.97 Å². The molecule has 3 aromatic rings. The molecule has 3 nitrogen and oxygen atoms in total. The fraction of sp³-hybridized carbons (Fsp3) is 0.160. The molecule has 0 spiro atoms. The molecule has 0 heterocycles. The van der Waals surface area contributed by atoms with Crippen LogP contribution in [0.25, 0.3) is 22.3 Å². The average molecular weight is 390 g/mol. The number of aliphatic hydroxyl groups excluding tert-OH is 1. The van der Waals surface area contributed by atoms with Gasteiger partial charge in [0.1, 0.15) is 11.6 Å². The highest BCUT2D eigenvalue weighted by Gasteiger charge is 2.10. The summed E-state index contributed by atoms with van der Waals surface area (Å²) in [5, 5.41) is 8.92. The SMILES string of the molecule is C=C(C)C(=O)Oc1ccc(-c2ccc(-c3ccc(CCCO)cc3)cc2F)cc1. The van der Waals surface area contributed by atoms with Crippen molar-refractivity contribution in [1.29, 1.82) is 0 Å². The fourth-order valence-corrected chi connectivity index (χ4v) is 2.97. The van der Waals surface area contributed by atoms with Crippen LogP contribution in [-0.4, -0.2) is 17.7 Å². The molecule has 0 aromatic heterocycles. The number of ether oxygens (including phenoxy) is 1. The van der Waals surface area contributed by atoms with Gasteiger partial charge >= 0.3 is 5.97 Å². The molecule has 4 heteroatoms. The minimum atomic E-state index is -0.490. The first-order valence-corrected chi connectivity index (χ1v) is 9.46. The summed E-state index contributed by atoms with van der Waals surface area (Å²) in [4.78, 5) is 11.6. The number of aliphatic hydroxyl groups is 1. The Labute approximate surface area is 170 Å². The number of aryl methyl sites for hydroxylation is 1. The molecule has 3 aromatic carbocycles. The maximum atomic E-state index is 14.8. The fourth-order valence-electron chi connectivity index (χ4n) is 2.97. The van der Waals surface area contributed by atoms with E-state index in [4.69, 9.17) is 9.84 Å². The van der Waals surface area contributed by atoms with Gasteiger partial charge in [0.05, 0.1) is 0 Å². The van der Waals surface area contributed by atoms with Crippen LogP contribution < -0.4 is 4.74 Å². The number of benzene rings is 3. The Morgan fingerprint density at radius 1 is 0.966 bits per heavy atom. The molecule has 29 heavy (non-hydrogen) atoms. The van der Waals surface area contributed by atoms with Crippen molar-refractivity contribution < 1.29 is 19.0 Å². The molecular formula is C25H23FO3. The third-order valence-corrected chi connectivity index (χ3v) is 4.60. The Bertz CT molecular complexity index is 1010. The first-order chi connectivity index (χ1) is 14.0. The zero-order chi connectivity index (χ0) is 20.8. The van der Waals surface area contributed by atoms with Gasteiger partial charge in [0.15, 0.2) is 0 Å². The van der Waals surface area contributed by atoms with Crippen molar-refractivity contribution in [2.45, 2.75) is 19.8 Å². The van der Waals surface area contributed by atoms with Crippen LogP contribution in [0.3, 0.4) is 0 Å². The van der Waals surface area contributed by atoms with Crippen molar-refractivity contribution in [2.75, 3.05) is 6.61 Å². The van der Waals surface area contributed by atoms with Gasteiger partial charge in [0.25, 0.3) is 0 Å². The molecule has 0 fully saturated rings. The molecule has 0 atom stereocenters. The Hall–Kier alpha value is -3.24. The molecule has 3 rings (SSSR count). The van der Waals surface area contributed by atoms with Crippen LogP contribution in [0, 0.1) is 5.82 Å². The van der Waals surface area contributed by atoms with Gasteiger partial charge in [-0.15, -0.1) is 0 Å². The molecule has 0 unspecified atom stereocenters.